The van der Waals surface area contributed by atoms with E-state index >= 15 is 0 Å². The van der Waals surface area contributed by atoms with Crippen molar-refractivity contribution in [2.45, 2.75) is 38.6 Å². The van der Waals surface area contributed by atoms with Crippen LogP contribution >= 0.6 is 0 Å². The van der Waals surface area contributed by atoms with Crippen LogP contribution in [0.5, 0.6) is 0 Å². The van der Waals surface area contributed by atoms with Crippen molar-refractivity contribution in [1.82, 2.24) is 25.2 Å². The molecule has 0 atom stereocenters. The molecule has 160 valence electrons. The number of aromatic amines is 1. The molecule has 0 bridgehead atoms. The van der Waals surface area contributed by atoms with Crippen molar-refractivity contribution in [2.24, 2.45) is 9.98 Å². The van der Waals surface area contributed by atoms with Crippen molar-refractivity contribution in [3.63, 3.8) is 0 Å². The Hall–Kier alpha value is -3.06. The molecule has 2 aliphatic rings. The SMILES string of the molecule is C=Nc1cncc(C2CCC2)c1C(=NCc1ccnc2[nH]c(C)cc12)N1CCNCC1. The Morgan fingerprint density at radius 2 is 2.10 bits per heavy atom. The van der Waals surface area contributed by atoms with Crippen molar-refractivity contribution in [3.05, 3.63) is 53.1 Å². The summed E-state index contributed by atoms with van der Waals surface area (Å²) in [5.41, 5.74) is 6.42. The summed E-state index contributed by atoms with van der Waals surface area (Å²) < 4.78 is 0. The van der Waals surface area contributed by atoms with E-state index in [0.717, 1.165) is 60.0 Å². The summed E-state index contributed by atoms with van der Waals surface area (Å²) in [6, 6.07) is 4.22. The number of pyridine rings is 2. The van der Waals surface area contributed by atoms with Gasteiger partial charge in [0.2, 0.25) is 0 Å². The van der Waals surface area contributed by atoms with Gasteiger partial charge in [-0.1, -0.05) is 6.42 Å². The van der Waals surface area contributed by atoms with Crippen LogP contribution in [0.4, 0.5) is 5.69 Å². The molecule has 2 fully saturated rings. The maximum atomic E-state index is 5.21. The van der Waals surface area contributed by atoms with Gasteiger partial charge in [0, 0.05) is 55.2 Å². The average Bonchev–Trinajstić information content (AvgIpc) is 3.15. The third kappa shape index (κ3) is 3.85. The zero-order valence-corrected chi connectivity index (χ0v) is 18.1. The molecule has 31 heavy (non-hydrogen) atoms. The molecule has 2 N–H and O–H groups in total. The van der Waals surface area contributed by atoms with Gasteiger partial charge in [0.25, 0.3) is 0 Å². The van der Waals surface area contributed by atoms with Gasteiger partial charge in [0.05, 0.1) is 18.4 Å². The second-order valence-corrected chi connectivity index (χ2v) is 8.47. The van der Waals surface area contributed by atoms with E-state index in [1.807, 2.05) is 18.6 Å². The Bertz CT molecular complexity index is 1120. The molecule has 0 amide bonds. The predicted octanol–water partition coefficient (Wildman–Crippen LogP) is 3.72. The van der Waals surface area contributed by atoms with Crippen LogP contribution in [0.2, 0.25) is 0 Å². The van der Waals surface area contributed by atoms with Crippen LogP contribution in [-0.2, 0) is 6.54 Å². The molecule has 1 aliphatic carbocycles. The Morgan fingerprint density at radius 1 is 1.26 bits per heavy atom. The number of fused-ring (bicyclic) bond motifs is 1. The lowest BCUT2D eigenvalue weighted by Crippen LogP contribution is -2.47. The maximum absolute atomic E-state index is 5.21. The molecule has 1 saturated heterocycles. The molecule has 0 radical (unpaired) electrons. The quantitative estimate of drug-likeness (QED) is 0.492. The number of hydrogen-bond acceptors (Lipinski definition) is 5. The van der Waals surface area contributed by atoms with Crippen LogP contribution in [-0.4, -0.2) is 58.6 Å². The number of nitrogens with one attached hydrogen (secondary N) is 2. The Balaban J connectivity index is 1.60. The summed E-state index contributed by atoms with van der Waals surface area (Å²) in [5, 5.41) is 4.59. The Labute approximate surface area is 182 Å². The number of aryl methyl sites for hydroxylation is 1. The monoisotopic (exact) mass is 415 g/mol. The van der Waals surface area contributed by atoms with Gasteiger partial charge in [0.15, 0.2) is 0 Å². The molecule has 3 aromatic rings. The molecule has 0 unspecified atom stereocenters. The molecular weight excluding hydrogens is 386 g/mol. The lowest BCUT2D eigenvalue weighted by molar-refractivity contribution is 0.355. The van der Waals surface area contributed by atoms with E-state index in [0.29, 0.717) is 12.5 Å². The summed E-state index contributed by atoms with van der Waals surface area (Å²) >= 11 is 0. The van der Waals surface area contributed by atoms with E-state index in [9.17, 15) is 0 Å². The summed E-state index contributed by atoms with van der Waals surface area (Å²) in [4.78, 5) is 24.2. The molecule has 0 aromatic carbocycles. The second kappa shape index (κ2) is 8.59. The summed E-state index contributed by atoms with van der Waals surface area (Å²) in [6.07, 6.45) is 9.39. The third-order valence-corrected chi connectivity index (χ3v) is 6.47. The zero-order valence-electron chi connectivity index (χ0n) is 18.1. The maximum Gasteiger partial charge on any atom is 0.137 e. The Kier molecular flexibility index (Phi) is 5.51. The number of aliphatic imine (C=N–C) groups is 2. The van der Waals surface area contributed by atoms with Crippen molar-refractivity contribution in [2.75, 3.05) is 26.2 Å². The van der Waals surface area contributed by atoms with Crippen LogP contribution in [0.3, 0.4) is 0 Å². The lowest BCUT2D eigenvalue weighted by Gasteiger charge is -2.34. The number of H-pyrrole nitrogens is 1. The predicted molar refractivity (Wildman–Crippen MR) is 126 cm³/mol. The van der Waals surface area contributed by atoms with Crippen LogP contribution < -0.4 is 5.32 Å². The van der Waals surface area contributed by atoms with E-state index in [-0.39, 0.29) is 0 Å². The fourth-order valence-corrected chi connectivity index (χ4v) is 4.58. The van der Waals surface area contributed by atoms with Crippen LogP contribution in [0.1, 0.15) is 47.6 Å². The lowest BCUT2D eigenvalue weighted by atomic mass is 9.78. The van der Waals surface area contributed by atoms with Crippen LogP contribution in [0.25, 0.3) is 11.0 Å². The summed E-state index contributed by atoms with van der Waals surface area (Å²) in [7, 11) is 0. The van der Waals surface area contributed by atoms with Gasteiger partial charge in [-0.3, -0.25) is 15.0 Å². The van der Waals surface area contributed by atoms with Gasteiger partial charge < -0.3 is 15.2 Å². The molecule has 7 heteroatoms. The molecule has 4 heterocycles. The molecule has 7 nitrogen and oxygen atoms in total. The highest BCUT2D eigenvalue weighted by molar-refractivity contribution is 6.04. The van der Waals surface area contributed by atoms with E-state index in [2.05, 4.69) is 55.9 Å². The minimum atomic E-state index is 0.539. The van der Waals surface area contributed by atoms with E-state index in [4.69, 9.17) is 4.99 Å². The summed E-state index contributed by atoms with van der Waals surface area (Å²) in [6.45, 7) is 10.3. The molecule has 5 rings (SSSR count). The van der Waals surface area contributed by atoms with E-state index in [1.165, 1.54) is 30.4 Å². The van der Waals surface area contributed by atoms with Crippen molar-refractivity contribution in [3.8, 4) is 0 Å². The van der Waals surface area contributed by atoms with E-state index in [1.54, 1.807) is 0 Å². The number of piperazine rings is 1. The summed E-state index contributed by atoms with van der Waals surface area (Å²) in [5.74, 6) is 1.56. The normalized spacial score (nSPS) is 17.7. The first kappa shape index (κ1) is 19.9. The highest BCUT2D eigenvalue weighted by atomic mass is 15.2. The largest absolute Gasteiger partial charge is 0.354 e. The van der Waals surface area contributed by atoms with Gasteiger partial charge in [-0.05, 0) is 55.7 Å². The standard InChI is InChI=1S/C24H29N7/c1-16-12-19-18(6-7-28-23(19)30-16)13-29-24(31-10-8-26-9-11-31)22-20(17-4-3-5-17)14-27-15-21(22)25-2/h6-7,12,14-15,17,26H,2-5,8-11,13H2,1H3,(H,28,30). The highest BCUT2D eigenvalue weighted by Gasteiger charge is 2.28. The fraction of sp³-hybridized carbons (Fsp3) is 0.417. The van der Waals surface area contributed by atoms with Gasteiger partial charge in [-0.15, -0.1) is 0 Å². The van der Waals surface area contributed by atoms with Crippen molar-refractivity contribution >= 4 is 29.3 Å². The highest BCUT2D eigenvalue weighted by Crippen LogP contribution is 2.40. The first-order valence-electron chi connectivity index (χ1n) is 11.1. The van der Waals surface area contributed by atoms with Crippen LogP contribution in [0, 0.1) is 6.92 Å². The van der Waals surface area contributed by atoms with Crippen LogP contribution in [0.15, 0.2) is 40.7 Å². The van der Waals surface area contributed by atoms with Gasteiger partial charge >= 0.3 is 0 Å². The topological polar surface area (TPSA) is 81.6 Å². The number of rotatable bonds is 5. The van der Waals surface area contributed by atoms with Gasteiger partial charge in [-0.25, -0.2) is 4.98 Å². The molecule has 1 saturated carbocycles. The Morgan fingerprint density at radius 3 is 2.84 bits per heavy atom. The zero-order chi connectivity index (χ0) is 21.2. The molecule has 0 spiro atoms. The smallest absolute Gasteiger partial charge is 0.137 e. The van der Waals surface area contributed by atoms with E-state index < -0.39 is 0 Å². The second-order valence-electron chi connectivity index (χ2n) is 8.47. The first-order chi connectivity index (χ1) is 15.2. The minimum Gasteiger partial charge on any atom is -0.354 e. The first-order valence-corrected chi connectivity index (χ1v) is 11.1. The number of aromatic nitrogens is 3. The fourth-order valence-electron chi connectivity index (χ4n) is 4.58. The minimum absolute atomic E-state index is 0.539. The number of hydrogen-bond donors (Lipinski definition) is 2. The molecule has 1 aliphatic heterocycles. The molecular formula is C24H29N7. The van der Waals surface area contributed by atoms with Crippen molar-refractivity contribution in [1.29, 1.82) is 0 Å². The number of amidine groups is 1. The number of nitrogens with zero attached hydrogens (tertiary/aromatic N) is 5. The van der Waals surface area contributed by atoms with Gasteiger partial charge in [0.1, 0.15) is 11.5 Å². The van der Waals surface area contributed by atoms with Gasteiger partial charge in [-0.2, -0.15) is 0 Å². The van der Waals surface area contributed by atoms with Crippen molar-refractivity contribution < 1.29 is 0 Å². The molecule has 3 aromatic heterocycles. The average molecular weight is 416 g/mol. The third-order valence-electron chi connectivity index (χ3n) is 6.47.